The lowest BCUT2D eigenvalue weighted by Gasteiger charge is -2.12. The van der Waals surface area contributed by atoms with Gasteiger partial charge >= 0.3 is 6.18 Å². The first kappa shape index (κ1) is 15.3. The summed E-state index contributed by atoms with van der Waals surface area (Å²) < 4.78 is 45.7. The van der Waals surface area contributed by atoms with E-state index < -0.39 is 11.9 Å². The van der Waals surface area contributed by atoms with E-state index in [0.29, 0.717) is 23.2 Å². The molecule has 3 aromatic heterocycles. The Hall–Kier alpha value is -2.57. The fourth-order valence-corrected chi connectivity index (χ4v) is 2.43. The van der Waals surface area contributed by atoms with Crippen molar-refractivity contribution in [3.8, 4) is 0 Å². The van der Waals surface area contributed by atoms with Gasteiger partial charge in [0.25, 0.3) is 5.56 Å². The van der Waals surface area contributed by atoms with Crippen LogP contribution in [-0.4, -0.2) is 9.55 Å². The fraction of sp³-hybridized carbons (Fsp3) is 0.250. The van der Waals surface area contributed by atoms with E-state index in [1.807, 2.05) is 6.92 Å². The molecule has 23 heavy (non-hydrogen) atoms. The molecule has 0 saturated heterocycles. The third kappa shape index (κ3) is 2.86. The van der Waals surface area contributed by atoms with Crippen LogP contribution in [0.5, 0.6) is 0 Å². The third-order valence-corrected chi connectivity index (χ3v) is 3.56. The van der Waals surface area contributed by atoms with Crippen molar-refractivity contribution in [3.63, 3.8) is 0 Å². The maximum Gasteiger partial charge on any atom is 0.433 e. The summed E-state index contributed by atoms with van der Waals surface area (Å²) in [6.07, 6.45) is -1.41. The Kier molecular flexibility index (Phi) is 3.71. The smallest absolute Gasteiger partial charge is 0.433 e. The van der Waals surface area contributed by atoms with Crippen LogP contribution in [0.4, 0.5) is 13.2 Å². The van der Waals surface area contributed by atoms with Gasteiger partial charge in [0, 0.05) is 24.4 Å². The van der Waals surface area contributed by atoms with E-state index in [1.54, 1.807) is 12.1 Å². The van der Waals surface area contributed by atoms with Crippen molar-refractivity contribution in [3.05, 3.63) is 64.0 Å². The van der Waals surface area contributed by atoms with Gasteiger partial charge in [0.2, 0.25) is 0 Å². The van der Waals surface area contributed by atoms with Crippen molar-refractivity contribution in [2.24, 2.45) is 0 Å². The summed E-state index contributed by atoms with van der Waals surface area (Å²) in [7, 11) is 0. The molecule has 0 radical (unpaired) electrons. The predicted octanol–water partition coefficient (Wildman–Crippen LogP) is 3.62. The molecule has 0 saturated carbocycles. The molecule has 0 spiro atoms. The number of hydrogen-bond donors (Lipinski definition) is 0. The summed E-state index contributed by atoms with van der Waals surface area (Å²) in [5.74, 6) is 0.659. The summed E-state index contributed by atoms with van der Waals surface area (Å²) in [6, 6.07) is 5.95. The molecule has 0 unspecified atom stereocenters. The second kappa shape index (κ2) is 5.57. The molecule has 0 N–H and O–H groups in total. The molecule has 0 aliphatic heterocycles. The summed E-state index contributed by atoms with van der Waals surface area (Å²) in [5, 5.41) is 0.363. The Morgan fingerprint density at radius 3 is 2.78 bits per heavy atom. The maximum atomic E-state index is 13.0. The van der Waals surface area contributed by atoms with Crippen LogP contribution in [0.15, 0.2) is 45.9 Å². The number of rotatable bonds is 3. The highest BCUT2D eigenvalue weighted by Crippen LogP contribution is 2.30. The molecule has 0 aromatic carbocycles. The number of aromatic nitrogens is 2. The molecule has 7 heteroatoms. The molecule has 3 rings (SSSR count). The Balaban J connectivity index is 2.06. The minimum absolute atomic E-state index is 0.0549. The average Bonchev–Trinajstić information content (AvgIpc) is 2.94. The number of alkyl halides is 3. The topological polar surface area (TPSA) is 48.0 Å². The van der Waals surface area contributed by atoms with E-state index in [1.165, 1.54) is 22.9 Å². The number of fused-ring (bicyclic) bond motifs is 1. The van der Waals surface area contributed by atoms with Gasteiger partial charge in [-0.1, -0.05) is 13.0 Å². The van der Waals surface area contributed by atoms with Crippen molar-refractivity contribution >= 4 is 11.0 Å². The molecule has 0 aliphatic carbocycles. The molecule has 0 atom stereocenters. The Bertz CT molecular complexity index is 910. The number of hydrogen-bond acceptors (Lipinski definition) is 3. The summed E-state index contributed by atoms with van der Waals surface area (Å²) in [6.45, 7) is 1.69. The van der Waals surface area contributed by atoms with Crippen LogP contribution in [0.25, 0.3) is 11.0 Å². The van der Waals surface area contributed by atoms with Crippen LogP contribution >= 0.6 is 0 Å². The minimum atomic E-state index is -4.56. The van der Waals surface area contributed by atoms with Crippen LogP contribution in [0.1, 0.15) is 23.9 Å². The van der Waals surface area contributed by atoms with Crippen molar-refractivity contribution in [1.82, 2.24) is 9.55 Å². The molecule has 3 aromatic rings. The van der Waals surface area contributed by atoms with E-state index >= 15 is 0 Å². The highest BCUT2D eigenvalue weighted by molar-refractivity contribution is 5.76. The summed E-state index contributed by atoms with van der Waals surface area (Å²) in [4.78, 5) is 15.8. The van der Waals surface area contributed by atoms with Crippen LogP contribution in [0.2, 0.25) is 0 Å². The van der Waals surface area contributed by atoms with Crippen molar-refractivity contribution < 1.29 is 17.6 Å². The largest absolute Gasteiger partial charge is 0.461 e. The van der Waals surface area contributed by atoms with Gasteiger partial charge in [-0.05, 0) is 18.2 Å². The molecule has 0 amide bonds. The molecular weight excluding hydrogens is 309 g/mol. The van der Waals surface area contributed by atoms with Crippen LogP contribution in [-0.2, 0) is 19.1 Å². The van der Waals surface area contributed by atoms with Crippen molar-refractivity contribution in [2.45, 2.75) is 26.1 Å². The average molecular weight is 322 g/mol. The fourth-order valence-electron chi connectivity index (χ4n) is 2.43. The summed E-state index contributed by atoms with van der Waals surface area (Å²) in [5.41, 5.74) is -0.984. The quantitative estimate of drug-likeness (QED) is 0.740. The van der Waals surface area contributed by atoms with Gasteiger partial charge in [0.1, 0.15) is 17.0 Å². The Morgan fingerprint density at radius 2 is 2.09 bits per heavy atom. The molecule has 0 bridgehead atoms. The Morgan fingerprint density at radius 1 is 1.30 bits per heavy atom. The molecule has 0 aliphatic rings. The number of nitrogens with zero attached hydrogens (tertiary/aromatic N) is 2. The SMILES string of the molecule is CCc1cc2c(=O)n(Cc3cccnc3C(F)(F)F)ccc2o1. The van der Waals surface area contributed by atoms with E-state index in [2.05, 4.69) is 4.98 Å². The van der Waals surface area contributed by atoms with Gasteiger partial charge in [-0.15, -0.1) is 0 Å². The van der Waals surface area contributed by atoms with Crippen molar-refractivity contribution in [1.29, 1.82) is 0 Å². The van der Waals surface area contributed by atoms with Gasteiger partial charge in [0.05, 0.1) is 11.9 Å². The zero-order valence-electron chi connectivity index (χ0n) is 12.2. The zero-order chi connectivity index (χ0) is 16.6. The Labute approximate surface area is 129 Å². The molecule has 4 nitrogen and oxygen atoms in total. The number of halogens is 3. The lowest BCUT2D eigenvalue weighted by molar-refractivity contribution is -0.141. The second-order valence-corrected chi connectivity index (χ2v) is 5.10. The van der Waals surface area contributed by atoms with Gasteiger partial charge in [0.15, 0.2) is 0 Å². The predicted molar refractivity (Wildman–Crippen MR) is 78.2 cm³/mol. The van der Waals surface area contributed by atoms with Gasteiger partial charge in [-0.25, -0.2) is 0 Å². The number of furan rings is 1. The summed E-state index contributed by atoms with van der Waals surface area (Å²) >= 11 is 0. The van der Waals surface area contributed by atoms with E-state index in [9.17, 15) is 18.0 Å². The lowest BCUT2D eigenvalue weighted by atomic mass is 10.2. The van der Waals surface area contributed by atoms with Crippen LogP contribution in [0, 0.1) is 0 Å². The van der Waals surface area contributed by atoms with E-state index in [0.717, 1.165) is 6.20 Å². The molecular formula is C16H13F3N2O2. The molecule has 3 heterocycles. The van der Waals surface area contributed by atoms with Gasteiger partial charge in [-0.2, -0.15) is 13.2 Å². The van der Waals surface area contributed by atoms with Gasteiger partial charge in [-0.3, -0.25) is 9.78 Å². The first-order valence-electron chi connectivity index (χ1n) is 7.03. The number of pyridine rings is 2. The van der Waals surface area contributed by atoms with E-state index in [-0.39, 0.29) is 17.7 Å². The van der Waals surface area contributed by atoms with Crippen molar-refractivity contribution in [2.75, 3.05) is 0 Å². The normalized spacial score (nSPS) is 12.0. The first-order chi connectivity index (χ1) is 10.9. The maximum absolute atomic E-state index is 13.0. The highest BCUT2D eigenvalue weighted by atomic mass is 19.4. The first-order valence-corrected chi connectivity index (χ1v) is 7.03. The monoisotopic (exact) mass is 322 g/mol. The van der Waals surface area contributed by atoms with Crippen LogP contribution < -0.4 is 5.56 Å². The minimum Gasteiger partial charge on any atom is -0.461 e. The zero-order valence-corrected chi connectivity index (χ0v) is 12.2. The third-order valence-electron chi connectivity index (χ3n) is 3.56. The highest BCUT2D eigenvalue weighted by Gasteiger charge is 2.35. The standard InChI is InChI=1S/C16H13F3N2O2/c1-2-11-8-12-13(23-11)5-7-21(15(12)22)9-10-4-3-6-20-14(10)16(17,18)19/h3-8H,2,9H2,1H3. The molecule has 120 valence electrons. The van der Waals surface area contributed by atoms with Gasteiger partial charge < -0.3 is 8.98 Å². The lowest BCUT2D eigenvalue weighted by Crippen LogP contribution is -2.22. The molecule has 0 fully saturated rings. The second-order valence-electron chi connectivity index (χ2n) is 5.10. The van der Waals surface area contributed by atoms with E-state index in [4.69, 9.17) is 4.42 Å². The van der Waals surface area contributed by atoms with Crippen LogP contribution in [0.3, 0.4) is 0 Å². The number of aryl methyl sites for hydroxylation is 1.